The van der Waals surface area contributed by atoms with Crippen molar-refractivity contribution < 1.29 is 5.11 Å². The van der Waals surface area contributed by atoms with Gasteiger partial charge in [-0.25, -0.2) is 0 Å². The molecule has 14 heavy (non-hydrogen) atoms. The summed E-state index contributed by atoms with van der Waals surface area (Å²) in [6.45, 7) is 9.65. The van der Waals surface area contributed by atoms with Gasteiger partial charge in [0.1, 0.15) is 0 Å². The van der Waals surface area contributed by atoms with Gasteiger partial charge in [0.15, 0.2) is 0 Å². The molecule has 0 saturated carbocycles. The van der Waals surface area contributed by atoms with E-state index in [2.05, 4.69) is 30.7 Å². The molecule has 1 unspecified atom stereocenters. The summed E-state index contributed by atoms with van der Waals surface area (Å²) < 4.78 is 0. The summed E-state index contributed by atoms with van der Waals surface area (Å²) >= 11 is 0. The number of aliphatic hydroxyl groups is 1. The van der Waals surface area contributed by atoms with Crippen molar-refractivity contribution in [3.05, 3.63) is 0 Å². The molecule has 1 atom stereocenters. The Balaban J connectivity index is 2.17. The van der Waals surface area contributed by atoms with Gasteiger partial charge in [-0.15, -0.1) is 0 Å². The summed E-state index contributed by atoms with van der Waals surface area (Å²) in [6.07, 6.45) is 0.783. The second-order valence-electron chi connectivity index (χ2n) is 4.89. The smallest absolute Gasteiger partial charge is 0.0669 e. The molecule has 0 spiro atoms. The molecule has 0 radical (unpaired) electrons. The molecule has 0 bridgehead atoms. The molecule has 0 amide bonds. The summed E-state index contributed by atoms with van der Waals surface area (Å²) in [4.78, 5) is 4.71. The van der Waals surface area contributed by atoms with Crippen molar-refractivity contribution in [1.29, 1.82) is 0 Å². The molecule has 1 fully saturated rings. The Morgan fingerprint density at radius 2 is 1.71 bits per heavy atom. The van der Waals surface area contributed by atoms with Crippen molar-refractivity contribution in [1.82, 2.24) is 9.80 Å². The van der Waals surface area contributed by atoms with Crippen LogP contribution in [-0.4, -0.2) is 60.8 Å². The van der Waals surface area contributed by atoms with Crippen LogP contribution in [0.2, 0.25) is 0 Å². The minimum absolute atomic E-state index is 0.140. The van der Waals surface area contributed by atoms with Gasteiger partial charge >= 0.3 is 0 Å². The lowest BCUT2D eigenvalue weighted by atomic mass is 10.1. The minimum Gasteiger partial charge on any atom is -0.392 e. The Kier molecular flexibility index (Phi) is 4.85. The van der Waals surface area contributed by atoms with Gasteiger partial charge in [0.05, 0.1) is 6.10 Å². The van der Waals surface area contributed by atoms with Crippen molar-refractivity contribution in [3.8, 4) is 0 Å². The van der Waals surface area contributed by atoms with E-state index >= 15 is 0 Å². The average Bonchev–Trinajstić information content (AvgIpc) is 2.07. The minimum atomic E-state index is -0.140. The van der Waals surface area contributed by atoms with E-state index < -0.39 is 0 Å². The van der Waals surface area contributed by atoms with E-state index in [9.17, 15) is 5.11 Å². The quantitative estimate of drug-likeness (QED) is 0.721. The van der Waals surface area contributed by atoms with E-state index in [4.69, 9.17) is 0 Å². The van der Waals surface area contributed by atoms with Crippen LogP contribution in [0.3, 0.4) is 0 Å². The molecule has 3 heteroatoms. The van der Waals surface area contributed by atoms with Crippen LogP contribution in [0.15, 0.2) is 0 Å². The Morgan fingerprint density at radius 1 is 1.14 bits per heavy atom. The Labute approximate surface area is 87.7 Å². The topological polar surface area (TPSA) is 26.7 Å². The van der Waals surface area contributed by atoms with E-state index in [-0.39, 0.29) is 6.10 Å². The number of rotatable bonds is 4. The number of hydrogen-bond donors (Lipinski definition) is 1. The number of nitrogens with zero attached hydrogens (tertiary/aromatic N) is 2. The first-order valence-electron chi connectivity index (χ1n) is 5.67. The highest BCUT2D eigenvalue weighted by molar-refractivity contribution is 4.72. The van der Waals surface area contributed by atoms with Crippen molar-refractivity contribution in [2.75, 3.05) is 39.8 Å². The van der Waals surface area contributed by atoms with Crippen molar-refractivity contribution in [3.63, 3.8) is 0 Å². The molecule has 3 nitrogen and oxygen atoms in total. The fourth-order valence-corrected chi connectivity index (χ4v) is 1.95. The van der Waals surface area contributed by atoms with Crippen molar-refractivity contribution in [2.24, 2.45) is 5.92 Å². The lowest BCUT2D eigenvalue weighted by molar-refractivity contribution is 0.0690. The highest BCUT2D eigenvalue weighted by atomic mass is 16.3. The molecule has 1 rings (SSSR count). The number of aliphatic hydroxyl groups excluding tert-OH is 1. The molecule has 1 N–H and O–H groups in total. The van der Waals surface area contributed by atoms with Gasteiger partial charge in [-0.3, -0.25) is 4.90 Å². The molecule has 0 aliphatic carbocycles. The Hall–Kier alpha value is -0.120. The number of β-amino-alcohol motifs (C(OH)–C–C–N with tert-alkyl or cyclic N) is 1. The Bertz CT molecular complexity index is 153. The molecule has 1 aliphatic heterocycles. The summed E-state index contributed by atoms with van der Waals surface area (Å²) in [6, 6.07) is 0. The van der Waals surface area contributed by atoms with Crippen LogP contribution >= 0.6 is 0 Å². The highest BCUT2D eigenvalue weighted by Gasteiger charge is 2.17. The largest absolute Gasteiger partial charge is 0.392 e. The molecular formula is C11H24N2O. The first-order valence-corrected chi connectivity index (χ1v) is 5.67. The van der Waals surface area contributed by atoms with Crippen LogP contribution in [0.25, 0.3) is 0 Å². The summed E-state index contributed by atoms with van der Waals surface area (Å²) in [5.41, 5.74) is 0. The van der Waals surface area contributed by atoms with Gasteiger partial charge < -0.3 is 10.0 Å². The van der Waals surface area contributed by atoms with E-state index in [0.29, 0.717) is 5.92 Å². The average molecular weight is 200 g/mol. The van der Waals surface area contributed by atoms with Gasteiger partial charge in [0, 0.05) is 32.7 Å². The third-order valence-corrected chi connectivity index (χ3v) is 2.81. The molecule has 0 aromatic rings. The molecule has 1 saturated heterocycles. The van der Waals surface area contributed by atoms with Crippen LogP contribution in [0.5, 0.6) is 0 Å². The molecule has 1 aliphatic rings. The fraction of sp³-hybridized carbons (Fsp3) is 1.00. The summed E-state index contributed by atoms with van der Waals surface area (Å²) in [5, 5.41) is 9.78. The van der Waals surface area contributed by atoms with Crippen LogP contribution in [0.4, 0.5) is 0 Å². The molecule has 1 heterocycles. The summed E-state index contributed by atoms with van der Waals surface area (Å²) in [5.74, 6) is 0.595. The maximum atomic E-state index is 9.78. The fourth-order valence-electron chi connectivity index (χ4n) is 1.95. The maximum absolute atomic E-state index is 9.78. The second kappa shape index (κ2) is 5.69. The lowest BCUT2D eigenvalue weighted by Gasteiger charge is -2.33. The second-order valence-corrected chi connectivity index (χ2v) is 4.89. The normalized spacial score (nSPS) is 22.9. The predicted molar refractivity (Wildman–Crippen MR) is 59.4 cm³/mol. The first kappa shape index (κ1) is 12.0. The SMILES string of the molecule is CC(C)CC(O)CN1CCN(C)CC1. The van der Waals surface area contributed by atoms with Gasteiger partial charge in [0.25, 0.3) is 0 Å². The summed E-state index contributed by atoms with van der Waals surface area (Å²) in [7, 11) is 2.15. The molecule has 0 aromatic heterocycles. The first-order chi connectivity index (χ1) is 6.58. The standard InChI is InChI=1S/C11H24N2O/c1-10(2)8-11(14)9-13-6-4-12(3)5-7-13/h10-11,14H,4-9H2,1-3H3. The lowest BCUT2D eigenvalue weighted by Crippen LogP contribution is -2.47. The number of piperazine rings is 1. The van der Waals surface area contributed by atoms with Gasteiger partial charge in [-0.2, -0.15) is 0 Å². The van der Waals surface area contributed by atoms with Gasteiger partial charge in [-0.1, -0.05) is 13.8 Å². The predicted octanol–water partition coefficient (Wildman–Crippen LogP) is 0.641. The van der Waals surface area contributed by atoms with Gasteiger partial charge in [0.2, 0.25) is 0 Å². The van der Waals surface area contributed by atoms with Crippen molar-refractivity contribution >= 4 is 0 Å². The third kappa shape index (κ3) is 4.40. The van der Waals surface area contributed by atoms with Crippen molar-refractivity contribution in [2.45, 2.75) is 26.4 Å². The van der Waals surface area contributed by atoms with E-state index in [1.807, 2.05) is 0 Å². The zero-order valence-corrected chi connectivity index (χ0v) is 9.74. The molecule has 0 aromatic carbocycles. The van der Waals surface area contributed by atoms with Crippen LogP contribution in [0.1, 0.15) is 20.3 Å². The zero-order valence-electron chi connectivity index (χ0n) is 9.74. The molecule has 84 valence electrons. The monoisotopic (exact) mass is 200 g/mol. The van der Waals surface area contributed by atoms with Crippen LogP contribution < -0.4 is 0 Å². The van der Waals surface area contributed by atoms with Crippen LogP contribution in [-0.2, 0) is 0 Å². The number of likely N-dealkylation sites (N-methyl/N-ethyl adjacent to an activating group) is 1. The Morgan fingerprint density at radius 3 is 2.21 bits per heavy atom. The third-order valence-electron chi connectivity index (χ3n) is 2.81. The zero-order chi connectivity index (χ0) is 10.6. The molecular weight excluding hydrogens is 176 g/mol. The maximum Gasteiger partial charge on any atom is 0.0669 e. The van der Waals surface area contributed by atoms with E-state index in [1.165, 1.54) is 0 Å². The van der Waals surface area contributed by atoms with Gasteiger partial charge in [-0.05, 0) is 19.4 Å². The van der Waals surface area contributed by atoms with Crippen LogP contribution in [0, 0.1) is 5.92 Å². The van der Waals surface area contributed by atoms with E-state index in [1.54, 1.807) is 0 Å². The van der Waals surface area contributed by atoms with E-state index in [0.717, 1.165) is 39.1 Å². The highest BCUT2D eigenvalue weighted by Crippen LogP contribution is 2.07. The number of hydrogen-bond acceptors (Lipinski definition) is 3.